The molecule has 2 aromatic carbocycles. The predicted molar refractivity (Wildman–Crippen MR) is 135 cm³/mol. The lowest BCUT2D eigenvalue weighted by atomic mass is 9.94. The summed E-state index contributed by atoms with van der Waals surface area (Å²) >= 11 is 5.53. The molecule has 8 heteroatoms. The average Bonchev–Trinajstić information content (AvgIpc) is 2.79. The SMILES string of the molecule is CCOC(=O)C1=C(C)N(CC)C(=S)NC1c1cccc(NC(=O)Nc2ccc(CC)cc2)c1. The number of allylic oxidation sites excluding steroid dienone is 1. The Balaban J connectivity index is 1.83. The van der Waals surface area contributed by atoms with Crippen molar-refractivity contribution in [3.63, 3.8) is 0 Å². The number of benzene rings is 2. The normalized spacial score (nSPS) is 15.7. The predicted octanol–water partition coefficient (Wildman–Crippen LogP) is 4.98. The van der Waals surface area contributed by atoms with E-state index in [9.17, 15) is 9.59 Å². The van der Waals surface area contributed by atoms with E-state index in [0.717, 1.165) is 17.7 Å². The van der Waals surface area contributed by atoms with Crippen LogP contribution in [0.15, 0.2) is 59.8 Å². The molecule has 174 valence electrons. The number of amides is 2. The molecule has 1 aliphatic heterocycles. The molecule has 1 heterocycles. The molecule has 0 saturated heterocycles. The Morgan fingerprint density at radius 2 is 1.76 bits per heavy atom. The van der Waals surface area contributed by atoms with Gasteiger partial charge in [-0.25, -0.2) is 9.59 Å². The number of esters is 1. The fraction of sp³-hybridized carbons (Fsp3) is 0.320. The minimum absolute atomic E-state index is 0.278. The van der Waals surface area contributed by atoms with Gasteiger partial charge in [0.2, 0.25) is 0 Å². The number of anilines is 2. The van der Waals surface area contributed by atoms with E-state index in [1.165, 1.54) is 5.56 Å². The molecule has 33 heavy (non-hydrogen) atoms. The lowest BCUT2D eigenvalue weighted by Crippen LogP contribution is -2.47. The molecule has 1 atom stereocenters. The second-order valence-electron chi connectivity index (χ2n) is 7.60. The molecule has 3 rings (SSSR count). The highest BCUT2D eigenvalue weighted by molar-refractivity contribution is 7.80. The van der Waals surface area contributed by atoms with Gasteiger partial charge in [0.25, 0.3) is 0 Å². The summed E-state index contributed by atoms with van der Waals surface area (Å²) < 4.78 is 5.32. The second kappa shape index (κ2) is 11.0. The first-order chi connectivity index (χ1) is 15.9. The summed E-state index contributed by atoms with van der Waals surface area (Å²) in [5, 5.41) is 9.49. The molecule has 2 amide bonds. The van der Waals surface area contributed by atoms with Crippen LogP contribution in [-0.4, -0.2) is 35.2 Å². The van der Waals surface area contributed by atoms with E-state index < -0.39 is 6.04 Å². The maximum Gasteiger partial charge on any atom is 0.338 e. The van der Waals surface area contributed by atoms with Crippen LogP contribution in [0.4, 0.5) is 16.2 Å². The number of hydrogen-bond donors (Lipinski definition) is 3. The molecule has 0 aromatic heterocycles. The number of nitrogens with zero attached hydrogens (tertiary/aromatic N) is 1. The molecule has 0 radical (unpaired) electrons. The Morgan fingerprint density at radius 3 is 2.39 bits per heavy atom. The van der Waals surface area contributed by atoms with Gasteiger partial charge in [0.15, 0.2) is 5.11 Å². The van der Waals surface area contributed by atoms with Crippen molar-refractivity contribution < 1.29 is 14.3 Å². The largest absolute Gasteiger partial charge is 0.463 e. The van der Waals surface area contributed by atoms with Crippen LogP contribution in [0.2, 0.25) is 0 Å². The van der Waals surface area contributed by atoms with Crippen molar-refractivity contribution in [1.29, 1.82) is 0 Å². The van der Waals surface area contributed by atoms with Crippen molar-refractivity contribution in [3.8, 4) is 0 Å². The zero-order chi connectivity index (χ0) is 24.0. The minimum atomic E-state index is -0.481. The minimum Gasteiger partial charge on any atom is -0.463 e. The van der Waals surface area contributed by atoms with E-state index in [-0.39, 0.29) is 18.6 Å². The molecule has 1 aliphatic rings. The van der Waals surface area contributed by atoms with E-state index in [4.69, 9.17) is 17.0 Å². The van der Waals surface area contributed by atoms with Crippen molar-refractivity contribution in [1.82, 2.24) is 10.2 Å². The van der Waals surface area contributed by atoms with Crippen LogP contribution < -0.4 is 16.0 Å². The topological polar surface area (TPSA) is 82.7 Å². The smallest absolute Gasteiger partial charge is 0.338 e. The van der Waals surface area contributed by atoms with Gasteiger partial charge in [-0.1, -0.05) is 31.2 Å². The van der Waals surface area contributed by atoms with Crippen molar-refractivity contribution in [3.05, 3.63) is 70.9 Å². The van der Waals surface area contributed by atoms with Gasteiger partial charge in [-0.2, -0.15) is 0 Å². The number of carbonyl (C=O) groups is 2. The Labute approximate surface area is 200 Å². The highest BCUT2D eigenvalue weighted by atomic mass is 32.1. The summed E-state index contributed by atoms with van der Waals surface area (Å²) in [7, 11) is 0. The van der Waals surface area contributed by atoms with Crippen molar-refractivity contribution in [2.24, 2.45) is 0 Å². The number of rotatable bonds is 7. The maximum absolute atomic E-state index is 12.8. The Hall–Kier alpha value is -3.39. The van der Waals surface area contributed by atoms with Crippen LogP contribution in [0.25, 0.3) is 0 Å². The lowest BCUT2D eigenvalue weighted by molar-refractivity contribution is -0.139. The number of thiocarbonyl (C=S) groups is 1. The highest BCUT2D eigenvalue weighted by Gasteiger charge is 2.34. The van der Waals surface area contributed by atoms with Crippen LogP contribution in [0.3, 0.4) is 0 Å². The first-order valence-electron chi connectivity index (χ1n) is 11.1. The molecule has 0 aliphatic carbocycles. The molecule has 0 fully saturated rings. The van der Waals surface area contributed by atoms with Crippen LogP contribution in [0.5, 0.6) is 0 Å². The van der Waals surface area contributed by atoms with Gasteiger partial charge in [0.05, 0.1) is 18.2 Å². The third kappa shape index (κ3) is 5.70. The lowest BCUT2D eigenvalue weighted by Gasteiger charge is -2.37. The molecule has 1 unspecified atom stereocenters. The summed E-state index contributed by atoms with van der Waals surface area (Å²) in [6, 6.07) is 14.2. The summed E-state index contributed by atoms with van der Waals surface area (Å²) in [5.41, 5.74) is 4.57. The van der Waals surface area contributed by atoms with Gasteiger partial charge in [0.1, 0.15) is 0 Å². The van der Waals surface area contributed by atoms with Gasteiger partial charge in [-0.05, 0) is 74.8 Å². The number of ether oxygens (including phenoxy) is 1. The Bertz CT molecular complexity index is 1070. The first-order valence-corrected chi connectivity index (χ1v) is 11.5. The van der Waals surface area contributed by atoms with E-state index >= 15 is 0 Å². The number of nitrogens with one attached hydrogen (secondary N) is 3. The summed E-state index contributed by atoms with van der Waals surface area (Å²) in [6.07, 6.45) is 0.940. The molecule has 0 spiro atoms. The molecular formula is C25H30N4O3S. The molecule has 0 bridgehead atoms. The Morgan fingerprint density at radius 1 is 1.06 bits per heavy atom. The summed E-state index contributed by atoms with van der Waals surface area (Å²) in [4.78, 5) is 27.2. The standard InChI is InChI=1S/C25H30N4O3S/c1-5-17-11-13-19(14-12-17)26-24(31)27-20-10-8-9-18(15-20)22-21(23(30)32-7-3)16(4)29(6-2)25(33)28-22/h8-15,22H,5-7H2,1-4H3,(H,28,33)(H2,26,27,31). The van der Waals surface area contributed by atoms with Crippen molar-refractivity contribution in [2.75, 3.05) is 23.8 Å². The third-order valence-electron chi connectivity index (χ3n) is 5.51. The third-order valence-corrected chi connectivity index (χ3v) is 5.84. The first kappa shape index (κ1) is 24.3. The second-order valence-corrected chi connectivity index (χ2v) is 7.99. The van der Waals surface area contributed by atoms with Crippen LogP contribution in [0.1, 0.15) is 44.9 Å². The quantitative estimate of drug-likeness (QED) is 0.394. The monoisotopic (exact) mass is 466 g/mol. The Kier molecular flexibility index (Phi) is 8.06. The van der Waals surface area contributed by atoms with Gasteiger partial charge in [0, 0.05) is 23.6 Å². The number of aryl methyl sites for hydroxylation is 1. The highest BCUT2D eigenvalue weighted by Crippen LogP contribution is 2.32. The summed E-state index contributed by atoms with van der Waals surface area (Å²) in [6.45, 7) is 8.61. The van der Waals surface area contributed by atoms with E-state index in [2.05, 4.69) is 22.9 Å². The zero-order valence-electron chi connectivity index (χ0n) is 19.4. The average molecular weight is 467 g/mol. The van der Waals surface area contributed by atoms with Crippen molar-refractivity contribution in [2.45, 2.75) is 40.2 Å². The van der Waals surface area contributed by atoms with E-state index in [1.54, 1.807) is 13.0 Å². The van der Waals surface area contributed by atoms with Crippen molar-refractivity contribution >= 4 is 40.7 Å². The number of urea groups is 1. The molecular weight excluding hydrogens is 436 g/mol. The maximum atomic E-state index is 12.8. The fourth-order valence-corrected chi connectivity index (χ4v) is 4.18. The van der Waals surface area contributed by atoms with Gasteiger partial charge >= 0.3 is 12.0 Å². The fourth-order valence-electron chi connectivity index (χ4n) is 3.80. The van der Waals surface area contributed by atoms with Gasteiger partial charge in [-0.3, -0.25) is 0 Å². The number of hydrogen-bond acceptors (Lipinski definition) is 4. The van der Waals surface area contributed by atoms with E-state index in [1.807, 2.05) is 61.2 Å². The molecule has 7 nitrogen and oxygen atoms in total. The molecule has 3 N–H and O–H groups in total. The number of carbonyl (C=O) groups excluding carboxylic acids is 2. The van der Waals surface area contributed by atoms with Gasteiger partial charge in [-0.15, -0.1) is 0 Å². The zero-order valence-corrected chi connectivity index (χ0v) is 20.2. The van der Waals surface area contributed by atoms with Gasteiger partial charge < -0.3 is 25.6 Å². The molecule has 0 saturated carbocycles. The van der Waals surface area contributed by atoms with E-state index in [0.29, 0.717) is 28.6 Å². The summed E-state index contributed by atoms with van der Waals surface area (Å²) in [5.74, 6) is -0.389. The molecule has 2 aromatic rings. The van der Waals surface area contributed by atoms with Crippen LogP contribution in [-0.2, 0) is 16.0 Å². The van der Waals surface area contributed by atoms with Crippen LogP contribution in [0, 0.1) is 0 Å². The van der Waals surface area contributed by atoms with Crippen LogP contribution >= 0.6 is 12.2 Å².